The Balaban J connectivity index is 4.06. The highest BCUT2D eigenvalue weighted by molar-refractivity contribution is 6.59. The van der Waals surface area contributed by atoms with Gasteiger partial charge in [0.25, 0.3) is 0 Å². The van der Waals surface area contributed by atoms with Crippen molar-refractivity contribution in [2.24, 2.45) is 0 Å². The van der Waals surface area contributed by atoms with Crippen molar-refractivity contribution in [2.75, 3.05) is 52.9 Å². The van der Waals surface area contributed by atoms with Gasteiger partial charge in [0, 0.05) is 5.54 Å². The summed E-state index contributed by atoms with van der Waals surface area (Å²) < 4.78 is 20.9. The van der Waals surface area contributed by atoms with Crippen molar-refractivity contribution < 1.29 is 38.4 Å². The molecule has 0 heterocycles. The standard InChI is InChI=1S/C12H28O8Si/c1-11(2)21(15,16)20-10-12(9-18-6-4-14)19-8-7-17-5-3-13/h11-16H,3-10H2,1-2H3. The van der Waals surface area contributed by atoms with Crippen LogP contribution < -0.4 is 0 Å². The third-order valence-electron chi connectivity index (χ3n) is 2.59. The molecule has 0 aliphatic heterocycles. The Morgan fingerprint density at radius 2 is 1.48 bits per heavy atom. The maximum atomic E-state index is 9.74. The third kappa shape index (κ3) is 11.2. The second kappa shape index (κ2) is 12.4. The Bertz CT molecular complexity index is 239. The third-order valence-corrected chi connectivity index (χ3v) is 4.69. The zero-order valence-corrected chi connectivity index (χ0v) is 13.7. The van der Waals surface area contributed by atoms with Crippen LogP contribution >= 0.6 is 0 Å². The zero-order chi connectivity index (χ0) is 16.1. The first-order chi connectivity index (χ1) is 9.94. The second-order valence-electron chi connectivity index (χ2n) is 4.75. The van der Waals surface area contributed by atoms with Gasteiger partial charge in [0.15, 0.2) is 0 Å². The molecule has 8 nitrogen and oxygen atoms in total. The molecule has 0 radical (unpaired) electrons. The first-order valence-corrected chi connectivity index (χ1v) is 8.89. The van der Waals surface area contributed by atoms with Gasteiger partial charge in [0.1, 0.15) is 6.10 Å². The highest BCUT2D eigenvalue weighted by Crippen LogP contribution is 2.16. The van der Waals surface area contributed by atoms with E-state index in [4.69, 9.17) is 28.8 Å². The van der Waals surface area contributed by atoms with Gasteiger partial charge >= 0.3 is 8.80 Å². The van der Waals surface area contributed by atoms with E-state index in [0.29, 0.717) is 6.61 Å². The smallest absolute Gasteiger partial charge is 0.394 e. The molecule has 0 saturated carbocycles. The summed E-state index contributed by atoms with van der Waals surface area (Å²) >= 11 is 0. The molecule has 0 spiro atoms. The van der Waals surface area contributed by atoms with Crippen LogP contribution in [0.15, 0.2) is 0 Å². The lowest BCUT2D eigenvalue weighted by atomic mass is 10.4. The maximum Gasteiger partial charge on any atom is 0.498 e. The van der Waals surface area contributed by atoms with Crippen molar-refractivity contribution in [3.05, 3.63) is 0 Å². The fraction of sp³-hybridized carbons (Fsp3) is 1.00. The van der Waals surface area contributed by atoms with Crippen molar-refractivity contribution in [1.82, 2.24) is 0 Å². The van der Waals surface area contributed by atoms with Crippen LogP contribution in [-0.2, 0) is 18.6 Å². The summed E-state index contributed by atoms with van der Waals surface area (Å²) in [6, 6.07) is 0. The van der Waals surface area contributed by atoms with E-state index in [9.17, 15) is 9.59 Å². The van der Waals surface area contributed by atoms with Crippen LogP contribution in [0, 0.1) is 0 Å². The average molecular weight is 328 g/mol. The first-order valence-electron chi connectivity index (χ1n) is 7.01. The molecule has 1 unspecified atom stereocenters. The predicted molar refractivity (Wildman–Crippen MR) is 76.8 cm³/mol. The molecule has 0 bridgehead atoms. The van der Waals surface area contributed by atoms with Crippen molar-refractivity contribution in [3.8, 4) is 0 Å². The van der Waals surface area contributed by atoms with Crippen LogP contribution in [0.5, 0.6) is 0 Å². The second-order valence-corrected chi connectivity index (χ2v) is 7.51. The predicted octanol–water partition coefficient (Wildman–Crippen LogP) is -1.26. The molecule has 21 heavy (non-hydrogen) atoms. The lowest BCUT2D eigenvalue weighted by molar-refractivity contribution is -0.0681. The molecule has 0 aromatic heterocycles. The molecule has 9 heteroatoms. The summed E-state index contributed by atoms with van der Waals surface area (Å²) in [7, 11) is -3.70. The normalized spacial score (nSPS) is 13.9. The fourth-order valence-corrected chi connectivity index (χ4v) is 2.01. The average Bonchev–Trinajstić information content (AvgIpc) is 2.43. The molecule has 0 amide bonds. The quantitative estimate of drug-likeness (QED) is 0.230. The summed E-state index contributed by atoms with van der Waals surface area (Å²) in [6.45, 7) is 4.34. The minimum atomic E-state index is -3.70. The summed E-state index contributed by atoms with van der Waals surface area (Å²) in [4.78, 5) is 19.5. The van der Waals surface area contributed by atoms with Gasteiger partial charge in [0.2, 0.25) is 0 Å². The molecular formula is C12H28O8Si. The van der Waals surface area contributed by atoms with Crippen LogP contribution in [0.2, 0.25) is 5.54 Å². The van der Waals surface area contributed by atoms with E-state index in [1.54, 1.807) is 13.8 Å². The molecule has 0 aromatic carbocycles. The van der Waals surface area contributed by atoms with Gasteiger partial charge in [0.05, 0.1) is 52.9 Å². The zero-order valence-electron chi connectivity index (χ0n) is 12.7. The van der Waals surface area contributed by atoms with Gasteiger partial charge in [-0.25, -0.2) is 0 Å². The Kier molecular flexibility index (Phi) is 12.4. The number of hydrogen-bond donors (Lipinski definition) is 4. The molecule has 0 saturated heterocycles. The lowest BCUT2D eigenvalue weighted by Gasteiger charge is -2.25. The summed E-state index contributed by atoms with van der Waals surface area (Å²) in [5.74, 6) is 0. The fourth-order valence-electron chi connectivity index (χ4n) is 1.25. The molecule has 4 N–H and O–H groups in total. The van der Waals surface area contributed by atoms with Gasteiger partial charge in [-0.05, 0) is 0 Å². The summed E-state index contributed by atoms with van der Waals surface area (Å²) in [6.07, 6.45) is -0.487. The van der Waals surface area contributed by atoms with Crippen LogP contribution in [0.3, 0.4) is 0 Å². The van der Waals surface area contributed by atoms with Crippen LogP contribution in [-0.4, -0.2) is 87.6 Å². The van der Waals surface area contributed by atoms with Crippen molar-refractivity contribution in [2.45, 2.75) is 25.5 Å². The molecule has 0 aliphatic rings. The molecule has 128 valence electrons. The van der Waals surface area contributed by atoms with Crippen molar-refractivity contribution in [3.63, 3.8) is 0 Å². The van der Waals surface area contributed by atoms with E-state index < -0.39 is 14.9 Å². The van der Waals surface area contributed by atoms with Gasteiger partial charge in [-0.15, -0.1) is 0 Å². The molecule has 1 atom stereocenters. The Morgan fingerprint density at radius 1 is 0.857 bits per heavy atom. The Hall–Kier alpha value is -0.103. The SMILES string of the molecule is CC(C)[Si](O)(O)OCC(COCCO)OCCOCCO. The monoisotopic (exact) mass is 328 g/mol. The van der Waals surface area contributed by atoms with E-state index in [-0.39, 0.29) is 51.8 Å². The van der Waals surface area contributed by atoms with Crippen molar-refractivity contribution in [1.29, 1.82) is 0 Å². The summed E-state index contributed by atoms with van der Waals surface area (Å²) in [5, 5.41) is 17.2. The highest BCUT2D eigenvalue weighted by atomic mass is 28.4. The van der Waals surface area contributed by atoms with Crippen molar-refractivity contribution >= 4 is 8.80 Å². The lowest BCUT2D eigenvalue weighted by Crippen LogP contribution is -2.45. The van der Waals surface area contributed by atoms with Gasteiger partial charge in [-0.2, -0.15) is 0 Å². The van der Waals surface area contributed by atoms with Crippen LogP contribution in [0.4, 0.5) is 0 Å². The molecule has 0 fully saturated rings. The molecule has 0 aromatic rings. The van der Waals surface area contributed by atoms with Gasteiger partial charge in [-0.3, -0.25) is 0 Å². The highest BCUT2D eigenvalue weighted by Gasteiger charge is 2.37. The minimum Gasteiger partial charge on any atom is -0.394 e. The molecule has 0 rings (SSSR count). The van der Waals surface area contributed by atoms with E-state index >= 15 is 0 Å². The number of aliphatic hydroxyl groups is 2. The van der Waals surface area contributed by atoms with Gasteiger partial charge < -0.3 is 38.4 Å². The van der Waals surface area contributed by atoms with Crippen LogP contribution in [0.1, 0.15) is 13.8 Å². The Labute approximate surface area is 126 Å². The summed E-state index contributed by atoms with van der Waals surface area (Å²) in [5.41, 5.74) is -0.357. The molecular weight excluding hydrogens is 300 g/mol. The number of rotatable bonds is 14. The molecule has 0 aliphatic carbocycles. The van der Waals surface area contributed by atoms with Gasteiger partial charge in [-0.1, -0.05) is 13.8 Å². The maximum absolute atomic E-state index is 9.74. The topological polar surface area (TPSA) is 118 Å². The minimum absolute atomic E-state index is 0.0111. The first kappa shape index (κ1) is 20.9. The van der Waals surface area contributed by atoms with Crippen LogP contribution in [0.25, 0.3) is 0 Å². The Morgan fingerprint density at radius 3 is 2.05 bits per heavy atom. The number of hydrogen-bond acceptors (Lipinski definition) is 8. The van der Waals surface area contributed by atoms with E-state index in [1.165, 1.54) is 0 Å². The largest absolute Gasteiger partial charge is 0.498 e. The van der Waals surface area contributed by atoms with E-state index in [1.807, 2.05) is 0 Å². The van der Waals surface area contributed by atoms with E-state index in [2.05, 4.69) is 0 Å². The number of ether oxygens (including phenoxy) is 3. The van der Waals surface area contributed by atoms with E-state index in [0.717, 1.165) is 0 Å². The number of aliphatic hydroxyl groups excluding tert-OH is 2.